The van der Waals surface area contributed by atoms with E-state index in [1.807, 2.05) is 13.8 Å². The van der Waals surface area contributed by atoms with E-state index in [1.165, 1.54) is 23.5 Å². The van der Waals surface area contributed by atoms with Crippen molar-refractivity contribution in [3.63, 3.8) is 0 Å². The average molecular weight is 300 g/mol. The van der Waals surface area contributed by atoms with Crippen molar-refractivity contribution >= 4 is 11.3 Å². The second kappa shape index (κ2) is 5.54. The average Bonchev–Trinajstić information content (AvgIpc) is 2.86. The van der Waals surface area contributed by atoms with Crippen LogP contribution in [0.15, 0.2) is 29.6 Å². The number of alkyl halides is 3. The fraction of sp³-hybridized carbons (Fsp3) is 0.357. The molecule has 1 aromatic heterocycles. The molecule has 1 atom stereocenters. The van der Waals surface area contributed by atoms with Crippen molar-refractivity contribution in [2.24, 2.45) is 11.7 Å². The lowest BCUT2D eigenvalue weighted by molar-refractivity contribution is -0.137. The molecule has 0 spiro atoms. The number of rotatable bonds is 3. The maximum Gasteiger partial charge on any atom is 0.417 e. The van der Waals surface area contributed by atoms with Crippen LogP contribution in [-0.4, -0.2) is 4.98 Å². The third-order valence-electron chi connectivity index (χ3n) is 3.03. The monoisotopic (exact) mass is 300 g/mol. The zero-order valence-electron chi connectivity index (χ0n) is 11.1. The van der Waals surface area contributed by atoms with Gasteiger partial charge in [-0.15, -0.1) is 11.3 Å². The highest BCUT2D eigenvalue weighted by Crippen LogP contribution is 2.37. The maximum absolute atomic E-state index is 13.0. The highest BCUT2D eigenvalue weighted by Gasteiger charge is 2.34. The largest absolute Gasteiger partial charge is 0.417 e. The van der Waals surface area contributed by atoms with E-state index in [4.69, 9.17) is 5.73 Å². The molecule has 0 bridgehead atoms. The first kappa shape index (κ1) is 15.0. The van der Waals surface area contributed by atoms with Crippen LogP contribution < -0.4 is 5.73 Å². The molecule has 0 aliphatic rings. The van der Waals surface area contributed by atoms with Crippen LogP contribution in [0.25, 0.3) is 11.3 Å². The van der Waals surface area contributed by atoms with Crippen LogP contribution in [-0.2, 0) is 6.18 Å². The molecule has 2 nitrogen and oxygen atoms in total. The Balaban J connectivity index is 2.43. The third kappa shape index (κ3) is 3.02. The van der Waals surface area contributed by atoms with Crippen LogP contribution in [0.1, 0.15) is 30.5 Å². The Morgan fingerprint density at radius 2 is 1.85 bits per heavy atom. The van der Waals surface area contributed by atoms with Crippen LogP contribution in [0.3, 0.4) is 0 Å². The van der Waals surface area contributed by atoms with Crippen molar-refractivity contribution < 1.29 is 13.2 Å². The molecule has 0 saturated heterocycles. The summed E-state index contributed by atoms with van der Waals surface area (Å²) in [5, 5.41) is 2.29. The SMILES string of the molecule is CC(C)C(N)c1nc(-c2ccccc2C(F)(F)F)cs1. The lowest BCUT2D eigenvalue weighted by atomic mass is 10.0. The predicted octanol–water partition coefficient (Wildman–Crippen LogP) is 4.48. The molecule has 2 aromatic rings. The molecule has 20 heavy (non-hydrogen) atoms. The number of nitrogens with two attached hydrogens (primary N) is 1. The van der Waals surface area contributed by atoms with Gasteiger partial charge in [0.15, 0.2) is 0 Å². The number of nitrogens with zero attached hydrogens (tertiary/aromatic N) is 1. The molecular weight excluding hydrogens is 285 g/mol. The van der Waals surface area contributed by atoms with Crippen LogP contribution >= 0.6 is 11.3 Å². The summed E-state index contributed by atoms with van der Waals surface area (Å²) >= 11 is 1.30. The van der Waals surface area contributed by atoms with Gasteiger partial charge < -0.3 is 5.73 Å². The minimum absolute atomic E-state index is 0.0958. The van der Waals surface area contributed by atoms with Gasteiger partial charge in [-0.1, -0.05) is 32.0 Å². The molecule has 6 heteroatoms. The Kier molecular flexibility index (Phi) is 4.15. The Morgan fingerprint density at radius 1 is 1.20 bits per heavy atom. The fourth-order valence-electron chi connectivity index (χ4n) is 1.80. The number of halogens is 3. The molecule has 1 unspecified atom stereocenters. The minimum atomic E-state index is -4.39. The summed E-state index contributed by atoms with van der Waals surface area (Å²) in [6, 6.07) is 5.19. The molecule has 108 valence electrons. The standard InChI is InChI=1S/C14H15F3N2S/c1-8(2)12(18)13-19-11(7-20-13)9-5-3-4-6-10(9)14(15,16)17/h3-8,12H,18H2,1-2H3. The molecular formula is C14H15F3N2S. The molecule has 0 saturated carbocycles. The van der Waals surface area contributed by atoms with Gasteiger partial charge in [0.05, 0.1) is 17.3 Å². The van der Waals surface area contributed by atoms with E-state index in [2.05, 4.69) is 4.98 Å². The highest BCUT2D eigenvalue weighted by atomic mass is 32.1. The smallest absolute Gasteiger partial charge is 0.322 e. The van der Waals surface area contributed by atoms with Crippen molar-refractivity contribution in [1.82, 2.24) is 4.98 Å². The molecule has 0 aliphatic carbocycles. The minimum Gasteiger partial charge on any atom is -0.322 e. The van der Waals surface area contributed by atoms with Crippen LogP contribution in [0.2, 0.25) is 0 Å². The number of hydrogen-bond donors (Lipinski definition) is 1. The molecule has 0 radical (unpaired) electrons. The van der Waals surface area contributed by atoms with Crippen molar-refractivity contribution in [2.45, 2.75) is 26.1 Å². The molecule has 0 amide bonds. The first-order valence-corrected chi connectivity index (χ1v) is 7.06. The number of thiazole rings is 1. The lowest BCUT2D eigenvalue weighted by Gasteiger charge is -2.12. The first-order valence-electron chi connectivity index (χ1n) is 6.18. The molecule has 0 aliphatic heterocycles. The molecule has 2 rings (SSSR count). The van der Waals surface area contributed by atoms with E-state index in [0.717, 1.165) is 6.07 Å². The summed E-state index contributed by atoms with van der Waals surface area (Å²) in [4.78, 5) is 4.27. The van der Waals surface area contributed by atoms with Gasteiger partial charge in [0.25, 0.3) is 0 Å². The van der Waals surface area contributed by atoms with Crippen molar-refractivity contribution in [1.29, 1.82) is 0 Å². The molecule has 1 heterocycles. The van der Waals surface area contributed by atoms with E-state index >= 15 is 0 Å². The number of hydrogen-bond acceptors (Lipinski definition) is 3. The summed E-state index contributed by atoms with van der Waals surface area (Å²) in [5.41, 5.74) is 5.73. The second-order valence-corrected chi connectivity index (χ2v) is 5.77. The topological polar surface area (TPSA) is 38.9 Å². The van der Waals surface area contributed by atoms with Crippen LogP contribution in [0.5, 0.6) is 0 Å². The summed E-state index contributed by atoms with van der Waals surface area (Å²) in [7, 11) is 0. The highest BCUT2D eigenvalue weighted by molar-refractivity contribution is 7.10. The van der Waals surface area contributed by atoms with Gasteiger partial charge >= 0.3 is 6.18 Å². The van der Waals surface area contributed by atoms with Crippen molar-refractivity contribution in [2.75, 3.05) is 0 Å². The van der Waals surface area contributed by atoms with Gasteiger partial charge in [-0.2, -0.15) is 13.2 Å². The molecule has 2 N–H and O–H groups in total. The fourth-order valence-corrected chi connectivity index (χ4v) is 2.80. The van der Waals surface area contributed by atoms with E-state index < -0.39 is 11.7 Å². The Bertz CT molecular complexity index is 590. The van der Waals surface area contributed by atoms with Crippen molar-refractivity contribution in [3.05, 3.63) is 40.2 Å². The maximum atomic E-state index is 13.0. The number of benzene rings is 1. The van der Waals surface area contributed by atoms with E-state index in [1.54, 1.807) is 11.4 Å². The van der Waals surface area contributed by atoms with E-state index in [-0.39, 0.29) is 17.5 Å². The molecule has 1 aromatic carbocycles. The first-order chi connectivity index (χ1) is 9.30. The lowest BCUT2D eigenvalue weighted by Crippen LogP contribution is -2.16. The Labute approximate surface area is 119 Å². The summed E-state index contributed by atoms with van der Waals surface area (Å²) in [6.45, 7) is 3.91. The van der Waals surface area contributed by atoms with Gasteiger partial charge in [0.1, 0.15) is 5.01 Å². The second-order valence-electron chi connectivity index (χ2n) is 4.88. The van der Waals surface area contributed by atoms with E-state index in [0.29, 0.717) is 10.7 Å². The Hall–Kier alpha value is -1.40. The van der Waals surface area contributed by atoms with Crippen LogP contribution in [0.4, 0.5) is 13.2 Å². The summed E-state index contributed by atoms with van der Waals surface area (Å²) < 4.78 is 38.9. The Morgan fingerprint density at radius 3 is 2.45 bits per heavy atom. The van der Waals surface area contributed by atoms with Gasteiger partial charge in [0, 0.05) is 10.9 Å². The van der Waals surface area contributed by atoms with Gasteiger partial charge in [0.2, 0.25) is 0 Å². The zero-order valence-corrected chi connectivity index (χ0v) is 11.9. The van der Waals surface area contributed by atoms with Gasteiger partial charge in [-0.3, -0.25) is 0 Å². The zero-order chi connectivity index (χ0) is 14.9. The third-order valence-corrected chi connectivity index (χ3v) is 3.98. The summed E-state index contributed by atoms with van der Waals surface area (Å²) in [5.74, 6) is 0.187. The molecule has 0 fully saturated rings. The number of aromatic nitrogens is 1. The van der Waals surface area contributed by atoms with Crippen molar-refractivity contribution in [3.8, 4) is 11.3 Å². The van der Waals surface area contributed by atoms with Crippen LogP contribution in [0, 0.1) is 5.92 Å². The van der Waals surface area contributed by atoms with E-state index in [9.17, 15) is 13.2 Å². The van der Waals surface area contributed by atoms with Gasteiger partial charge in [-0.25, -0.2) is 4.98 Å². The summed E-state index contributed by atoms with van der Waals surface area (Å²) in [6.07, 6.45) is -4.39. The normalized spacial score (nSPS) is 13.8. The predicted molar refractivity (Wildman–Crippen MR) is 74.3 cm³/mol. The quantitative estimate of drug-likeness (QED) is 0.907. The van der Waals surface area contributed by atoms with Gasteiger partial charge in [-0.05, 0) is 12.0 Å².